The van der Waals surface area contributed by atoms with E-state index in [1.807, 2.05) is 11.0 Å². The van der Waals surface area contributed by atoms with Crippen LogP contribution in [-0.2, 0) is 4.79 Å². The number of nitrogens with one attached hydrogen (secondary N) is 1. The highest BCUT2D eigenvalue weighted by Crippen LogP contribution is 2.16. The normalized spacial score (nSPS) is 14.7. The maximum Gasteiger partial charge on any atom is 0.265 e. The monoisotopic (exact) mass is 283 g/mol. The fourth-order valence-electron chi connectivity index (χ4n) is 2.28. The van der Waals surface area contributed by atoms with Crippen LogP contribution in [0, 0.1) is 11.3 Å². The van der Waals surface area contributed by atoms with Gasteiger partial charge in [-0.2, -0.15) is 5.26 Å². The lowest BCUT2D eigenvalue weighted by molar-refractivity contribution is -0.112. The van der Waals surface area contributed by atoms with Gasteiger partial charge in [-0.15, -0.1) is 0 Å². The van der Waals surface area contributed by atoms with E-state index >= 15 is 0 Å². The summed E-state index contributed by atoms with van der Waals surface area (Å²) >= 11 is 0. The third-order valence-electron chi connectivity index (χ3n) is 3.41. The molecule has 0 saturated carbocycles. The van der Waals surface area contributed by atoms with Gasteiger partial charge in [-0.05, 0) is 38.0 Å². The lowest BCUT2D eigenvalue weighted by atomic mass is 10.1. The minimum atomic E-state index is -0.467. The minimum Gasteiger partial charge on any atom is -0.339 e. The average Bonchev–Trinajstić information content (AvgIpc) is 3.02. The Bertz CT molecular complexity index is 623. The van der Waals surface area contributed by atoms with Crippen molar-refractivity contribution in [1.82, 2.24) is 4.90 Å². The van der Waals surface area contributed by atoms with Gasteiger partial charge in [0.1, 0.15) is 11.6 Å². The molecular weight excluding hydrogens is 266 g/mol. The average molecular weight is 283 g/mol. The summed E-state index contributed by atoms with van der Waals surface area (Å²) < 4.78 is 0. The molecule has 1 N–H and O–H groups in total. The molecule has 0 radical (unpaired) electrons. The Morgan fingerprint density at radius 2 is 2.05 bits per heavy atom. The molecule has 0 unspecified atom stereocenters. The first-order valence-electron chi connectivity index (χ1n) is 6.93. The number of nitrogens with zero attached hydrogens (tertiary/aromatic N) is 2. The summed E-state index contributed by atoms with van der Waals surface area (Å²) in [6.45, 7) is 3.20. The van der Waals surface area contributed by atoms with Crippen LogP contribution >= 0.6 is 0 Å². The van der Waals surface area contributed by atoms with E-state index in [1.165, 1.54) is 6.08 Å². The number of likely N-dealkylation sites (tertiary alicyclic amines) is 1. The van der Waals surface area contributed by atoms with Crippen LogP contribution in [0.4, 0.5) is 5.69 Å². The summed E-state index contributed by atoms with van der Waals surface area (Å²) in [5.74, 6) is -0.485. The molecule has 1 aromatic rings. The number of nitriles is 1. The molecule has 1 aromatic carbocycles. The SMILES string of the molecule is CC=C(C#N)C(=O)Nc1cccc(C(=O)N2CCCC2)c1. The van der Waals surface area contributed by atoms with Gasteiger partial charge in [-0.1, -0.05) is 12.1 Å². The number of hydrogen-bond acceptors (Lipinski definition) is 3. The third-order valence-corrected chi connectivity index (χ3v) is 3.41. The van der Waals surface area contributed by atoms with Gasteiger partial charge in [-0.25, -0.2) is 0 Å². The standard InChI is InChI=1S/C16H17N3O2/c1-2-12(11-17)15(20)18-14-7-5-6-13(10-14)16(21)19-8-3-4-9-19/h2,5-7,10H,3-4,8-9H2,1H3,(H,18,20). The van der Waals surface area contributed by atoms with Crippen molar-refractivity contribution in [2.75, 3.05) is 18.4 Å². The second kappa shape index (κ2) is 6.71. The number of rotatable bonds is 3. The van der Waals surface area contributed by atoms with Crippen LogP contribution in [0.1, 0.15) is 30.1 Å². The topological polar surface area (TPSA) is 73.2 Å². The van der Waals surface area contributed by atoms with Crippen LogP contribution in [0.15, 0.2) is 35.9 Å². The van der Waals surface area contributed by atoms with E-state index < -0.39 is 5.91 Å². The smallest absolute Gasteiger partial charge is 0.265 e. The predicted molar refractivity (Wildman–Crippen MR) is 79.6 cm³/mol. The van der Waals surface area contributed by atoms with Crippen molar-refractivity contribution in [1.29, 1.82) is 5.26 Å². The van der Waals surface area contributed by atoms with Crippen molar-refractivity contribution in [3.8, 4) is 6.07 Å². The Morgan fingerprint density at radius 3 is 2.67 bits per heavy atom. The number of benzene rings is 1. The number of allylic oxidation sites excluding steroid dienone is 1. The number of carbonyl (C=O) groups excluding carboxylic acids is 2. The highest BCUT2D eigenvalue weighted by molar-refractivity contribution is 6.07. The number of amides is 2. The number of carbonyl (C=O) groups is 2. The molecule has 108 valence electrons. The molecule has 2 amide bonds. The van der Waals surface area contributed by atoms with Crippen molar-refractivity contribution in [3.05, 3.63) is 41.5 Å². The Balaban J connectivity index is 2.13. The first kappa shape index (κ1) is 14.8. The van der Waals surface area contributed by atoms with Crippen molar-refractivity contribution < 1.29 is 9.59 Å². The fourth-order valence-corrected chi connectivity index (χ4v) is 2.28. The van der Waals surface area contributed by atoms with E-state index in [2.05, 4.69) is 5.32 Å². The van der Waals surface area contributed by atoms with Crippen LogP contribution in [0.5, 0.6) is 0 Å². The first-order valence-corrected chi connectivity index (χ1v) is 6.93. The zero-order chi connectivity index (χ0) is 15.2. The number of anilines is 1. The lowest BCUT2D eigenvalue weighted by Crippen LogP contribution is -2.27. The van der Waals surface area contributed by atoms with Gasteiger partial charge in [0.25, 0.3) is 11.8 Å². The van der Waals surface area contributed by atoms with E-state index in [0.29, 0.717) is 11.3 Å². The summed E-state index contributed by atoms with van der Waals surface area (Å²) in [6.07, 6.45) is 3.53. The second-order valence-electron chi connectivity index (χ2n) is 4.85. The Morgan fingerprint density at radius 1 is 1.33 bits per heavy atom. The molecule has 1 heterocycles. The van der Waals surface area contributed by atoms with Gasteiger partial charge in [0, 0.05) is 24.3 Å². The molecule has 5 nitrogen and oxygen atoms in total. The predicted octanol–water partition coefficient (Wildman–Crippen LogP) is 2.33. The van der Waals surface area contributed by atoms with Gasteiger partial charge in [0.15, 0.2) is 0 Å². The van der Waals surface area contributed by atoms with Crippen LogP contribution < -0.4 is 5.32 Å². The lowest BCUT2D eigenvalue weighted by Gasteiger charge is -2.15. The Labute approximate surface area is 123 Å². The molecule has 0 bridgehead atoms. The largest absolute Gasteiger partial charge is 0.339 e. The molecule has 1 saturated heterocycles. The van der Waals surface area contributed by atoms with Crippen molar-refractivity contribution in [2.45, 2.75) is 19.8 Å². The third kappa shape index (κ3) is 3.48. The molecule has 0 atom stereocenters. The quantitative estimate of drug-likeness (QED) is 0.683. The summed E-state index contributed by atoms with van der Waals surface area (Å²) in [5, 5.41) is 11.5. The molecule has 2 rings (SSSR count). The Kier molecular flexibility index (Phi) is 4.72. The Hall–Kier alpha value is -2.61. The highest BCUT2D eigenvalue weighted by atomic mass is 16.2. The van der Waals surface area contributed by atoms with E-state index in [-0.39, 0.29) is 11.5 Å². The molecule has 1 fully saturated rings. The van der Waals surface area contributed by atoms with Gasteiger partial charge in [0.05, 0.1) is 0 Å². The van der Waals surface area contributed by atoms with Crippen molar-refractivity contribution in [2.24, 2.45) is 0 Å². The molecule has 0 aliphatic carbocycles. The van der Waals surface area contributed by atoms with Crippen LogP contribution in [0.25, 0.3) is 0 Å². The fraction of sp³-hybridized carbons (Fsp3) is 0.312. The van der Waals surface area contributed by atoms with E-state index in [4.69, 9.17) is 5.26 Å². The van der Waals surface area contributed by atoms with Crippen LogP contribution in [-0.4, -0.2) is 29.8 Å². The zero-order valence-electron chi connectivity index (χ0n) is 11.9. The second-order valence-corrected chi connectivity index (χ2v) is 4.85. The summed E-state index contributed by atoms with van der Waals surface area (Å²) in [4.78, 5) is 25.9. The minimum absolute atomic E-state index is 0.0184. The van der Waals surface area contributed by atoms with E-state index in [0.717, 1.165) is 25.9 Å². The van der Waals surface area contributed by atoms with Gasteiger partial charge in [0.2, 0.25) is 0 Å². The zero-order valence-corrected chi connectivity index (χ0v) is 11.9. The molecule has 0 aromatic heterocycles. The molecule has 5 heteroatoms. The van der Waals surface area contributed by atoms with E-state index in [9.17, 15) is 9.59 Å². The molecular formula is C16H17N3O2. The van der Waals surface area contributed by atoms with Crippen LogP contribution in [0.2, 0.25) is 0 Å². The summed E-state index contributed by atoms with van der Waals surface area (Å²) in [5.41, 5.74) is 1.11. The van der Waals surface area contributed by atoms with Crippen molar-refractivity contribution >= 4 is 17.5 Å². The van der Waals surface area contributed by atoms with Gasteiger partial charge in [-0.3, -0.25) is 9.59 Å². The molecule has 0 spiro atoms. The maximum absolute atomic E-state index is 12.3. The first-order chi connectivity index (χ1) is 10.2. The van der Waals surface area contributed by atoms with E-state index in [1.54, 1.807) is 31.2 Å². The van der Waals surface area contributed by atoms with Crippen molar-refractivity contribution in [3.63, 3.8) is 0 Å². The van der Waals surface area contributed by atoms with Gasteiger partial charge >= 0.3 is 0 Å². The highest BCUT2D eigenvalue weighted by Gasteiger charge is 2.19. The molecule has 1 aliphatic heterocycles. The maximum atomic E-state index is 12.3. The van der Waals surface area contributed by atoms with Gasteiger partial charge < -0.3 is 10.2 Å². The number of hydrogen-bond donors (Lipinski definition) is 1. The summed E-state index contributed by atoms with van der Waals surface area (Å²) in [7, 11) is 0. The summed E-state index contributed by atoms with van der Waals surface area (Å²) in [6, 6.07) is 8.62. The van der Waals surface area contributed by atoms with Crippen LogP contribution in [0.3, 0.4) is 0 Å². The molecule has 21 heavy (non-hydrogen) atoms. The molecule has 1 aliphatic rings.